The lowest BCUT2D eigenvalue weighted by atomic mass is 10.1. The van der Waals surface area contributed by atoms with Crippen LogP contribution in [-0.4, -0.2) is 21.3 Å². The molecule has 5 heteroatoms. The standard InChI is InChI=1S/C12H12N2O3/c1-2-14-8-9(7-13-14)10(15)6-11(16)12-4-3-5-17-12/h3-5,7-8H,2,6H2,1H3. The minimum absolute atomic E-state index is 0.192. The average molecular weight is 232 g/mol. The number of carbonyl (C=O) groups excluding carboxylic acids is 2. The smallest absolute Gasteiger partial charge is 0.205 e. The average Bonchev–Trinajstić information content (AvgIpc) is 3.00. The number of Topliss-reactive ketones (excluding diaryl/α,β-unsaturated/α-hetero) is 2. The van der Waals surface area contributed by atoms with Gasteiger partial charge in [0.05, 0.1) is 24.4 Å². The Hall–Kier alpha value is -2.17. The minimum atomic E-state index is -0.316. The van der Waals surface area contributed by atoms with Crippen molar-refractivity contribution in [2.24, 2.45) is 0 Å². The predicted molar refractivity (Wildman–Crippen MR) is 59.9 cm³/mol. The minimum Gasteiger partial charge on any atom is -0.461 e. The summed E-state index contributed by atoms with van der Waals surface area (Å²) in [6.07, 6.45) is 4.33. The highest BCUT2D eigenvalue weighted by Gasteiger charge is 2.16. The summed E-state index contributed by atoms with van der Waals surface area (Å²) < 4.78 is 6.58. The van der Waals surface area contributed by atoms with E-state index < -0.39 is 0 Å². The molecular weight excluding hydrogens is 220 g/mol. The molecule has 5 nitrogen and oxygen atoms in total. The fourth-order valence-corrected chi connectivity index (χ4v) is 1.45. The van der Waals surface area contributed by atoms with E-state index in [2.05, 4.69) is 5.10 Å². The molecule has 0 radical (unpaired) electrons. The van der Waals surface area contributed by atoms with Crippen molar-refractivity contribution in [2.45, 2.75) is 19.9 Å². The Morgan fingerprint density at radius 1 is 1.41 bits per heavy atom. The fraction of sp³-hybridized carbons (Fsp3) is 0.250. The molecular formula is C12H12N2O3. The molecule has 0 atom stereocenters. The SMILES string of the molecule is CCn1cc(C(=O)CC(=O)c2ccco2)cn1. The summed E-state index contributed by atoms with van der Waals surface area (Å²) in [4.78, 5) is 23.4. The number of hydrogen-bond acceptors (Lipinski definition) is 4. The zero-order valence-corrected chi connectivity index (χ0v) is 9.42. The van der Waals surface area contributed by atoms with Gasteiger partial charge in [-0.15, -0.1) is 0 Å². The van der Waals surface area contributed by atoms with Gasteiger partial charge in [0.25, 0.3) is 0 Å². The predicted octanol–water partition coefficient (Wildman–Crippen LogP) is 1.95. The Kier molecular flexibility index (Phi) is 3.18. The van der Waals surface area contributed by atoms with Crippen molar-refractivity contribution >= 4 is 11.6 Å². The number of aromatic nitrogens is 2. The van der Waals surface area contributed by atoms with Crippen LogP contribution in [0.25, 0.3) is 0 Å². The second-order valence-electron chi connectivity index (χ2n) is 3.59. The third-order valence-corrected chi connectivity index (χ3v) is 2.40. The molecule has 0 fully saturated rings. The van der Waals surface area contributed by atoms with Gasteiger partial charge < -0.3 is 4.42 Å². The van der Waals surface area contributed by atoms with Crippen molar-refractivity contribution in [2.75, 3.05) is 0 Å². The van der Waals surface area contributed by atoms with Crippen molar-refractivity contribution < 1.29 is 14.0 Å². The van der Waals surface area contributed by atoms with Gasteiger partial charge in [-0.3, -0.25) is 14.3 Å². The maximum absolute atomic E-state index is 11.8. The lowest BCUT2D eigenvalue weighted by Gasteiger charge is -1.95. The van der Waals surface area contributed by atoms with Crippen LogP contribution in [0.1, 0.15) is 34.3 Å². The van der Waals surface area contributed by atoms with Crippen LogP contribution in [0.15, 0.2) is 35.2 Å². The van der Waals surface area contributed by atoms with Gasteiger partial charge in [-0.25, -0.2) is 0 Å². The molecule has 0 N–H and O–H groups in total. The summed E-state index contributed by atoms with van der Waals surface area (Å²) in [6, 6.07) is 3.16. The molecule has 0 amide bonds. The highest BCUT2D eigenvalue weighted by atomic mass is 16.3. The van der Waals surface area contributed by atoms with Crippen LogP contribution in [0.2, 0.25) is 0 Å². The molecule has 2 aromatic rings. The highest BCUT2D eigenvalue weighted by Crippen LogP contribution is 2.08. The van der Waals surface area contributed by atoms with Gasteiger partial charge in [0, 0.05) is 12.7 Å². The fourth-order valence-electron chi connectivity index (χ4n) is 1.45. The molecule has 2 heterocycles. The van der Waals surface area contributed by atoms with E-state index in [4.69, 9.17) is 4.42 Å². The molecule has 88 valence electrons. The molecule has 0 spiro atoms. The molecule has 0 aliphatic carbocycles. The van der Waals surface area contributed by atoms with Gasteiger partial charge in [0.2, 0.25) is 5.78 Å². The highest BCUT2D eigenvalue weighted by molar-refractivity contribution is 6.12. The number of hydrogen-bond donors (Lipinski definition) is 0. The van der Waals surface area contributed by atoms with Crippen LogP contribution in [0.4, 0.5) is 0 Å². The molecule has 0 bridgehead atoms. The van der Waals surface area contributed by atoms with Crippen molar-refractivity contribution in [1.82, 2.24) is 9.78 Å². The maximum Gasteiger partial charge on any atom is 0.205 e. The molecule has 0 aromatic carbocycles. The van der Waals surface area contributed by atoms with Crippen LogP contribution in [0.3, 0.4) is 0 Å². The quantitative estimate of drug-likeness (QED) is 0.583. The molecule has 17 heavy (non-hydrogen) atoms. The van der Waals surface area contributed by atoms with Crippen LogP contribution in [0.5, 0.6) is 0 Å². The van der Waals surface area contributed by atoms with Crippen LogP contribution in [-0.2, 0) is 6.54 Å². The number of nitrogens with zero attached hydrogens (tertiary/aromatic N) is 2. The van der Waals surface area contributed by atoms with Gasteiger partial charge in [-0.2, -0.15) is 5.10 Å². The van der Waals surface area contributed by atoms with Crippen LogP contribution >= 0.6 is 0 Å². The van der Waals surface area contributed by atoms with Gasteiger partial charge in [0.1, 0.15) is 0 Å². The van der Waals surface area contributed by atoms with Gasteiger partial charge in [-0.1, -0.05) is 0 Å². The van der Waals surface area contributed by atoms with Crippen LogP contribution in [0, 0.1) is 0 Å². The van der Waals surface area contributed by atoms with Gasteiger partial charge >= 0.3 is 0 Å². The largest absolute Gasteiger partial charge is 0.461 e. The summed E-state index contributed by atoms with van der Waals surface area (Å²) >= 11 is 0. The first-order valence-corrected chi connectivity index (χ1v) is 5.33. The molecule has 2 rings (SSSR count). The Balaban J connectivity index is 2.04. The molecule has 0 unspecified atom stereocenters. The third kappa shape index (κ3) is 2.50. The van der Waals surface area contributed by atoms with Gasteiger partial charge in [-0.05, 0) is 19.1 Å². The van der Waals surface area contributed by atoms with E-state index in [1.807, 2.05) is 6.92 Å². The van der Waals surface area contributed by atoms with Crippen molar-refractivity contribution in [3.8, 4) is 0 Å². The van der Waals surface area contributed by atoms with E-state index in [0.717, 1.165) is 0 Å². The lowest BCUT2D eigenvalue weighted by Crippen LogP contribution is -2.07. The first-order valence-electron chi connectivity index (χ1n) is 5.33. The number of carbonyl (C=O) groups is 2. The van der Waals surface area contributed by atoms with Crippen molar-refractivity contribution in [1.29, 1.82) is 0 Å². The number of rotatable bonds is 5. The maximum atomic E-state index is 11.8. The number of aryl methyl sites for hydroxylation is 1. The monoisotopic (exact) mass is 232 g/mol. The first kappa shape index (κ1) is 11.3. The lowest BCUT2D eigenvalue weighted by molar-refractivity contribution is 0.0878. The molecule has 0 aliphatic rings. The van der Waals surface area contributed by atoms with Crippen molar-refractivity contribution in [3.63, 3.8) is 0 Å². The Bertz CT molecular complexity index is 526. The van der Waals surface area contributed by atoms with E-state index in [1.54, 1.807) is 23.0 Å². The number of ketones is 2. The molecule has 2 aromatic heterocycles. The Labute approximate surface area is 98.0 Å². The van der Waals surface area contributed by atoms with Crippen LogP contribution < -0.4 is 0 Å². The van der Waals surface area contributed by atoms with E-state index in [0.29, 0.717) is 12.1 Å². The number of furan rings is 1. The molecule has 0 aliphatic heterocycles. The summed E-state index contributed by atoms with van der Waals surface area (Å²) in [6.45, 7) is 2.62. The summed E-state index contributed by atoms with van der Waals surface area (Å²) in [5, 5.41) is 3.99. The second kappa shape index (κ2) is 4.78. The summed E-state index contributed by atoms with van der Waals surface area (Å²) in [5.74, 6) is -0.350. The molecule has 0 saturated heterocycles. The second-order valence-corrected chi connectivity index (χ2v) is 3.59. The zero-order valence-electron chi connectivity index (χ0n) is 9.42. The Morgan fingerprint density at radius 2 is 2.24 bits per heavy atom. The normalized spacial score (nSPS) is 10.4. The first-order chi connectivity index (χ1) is 8.20. The topological polar surface area (TPSA) is 65.1 Å². The summed E-state index contributed by atoms with van der Waals surface area (Å²) in [7, 11) is 0. The van der Waals surface area contributed by atoms with E-state index in [1.165, 1.54) is 12.5 Å². The van der Waals surface area contributed by atoms with E-state index in [9.17, 15) is 9.59 Å². The van der Waals surface area contributed by atoms with E-state index in [-0.39, 0.29) is 23.7 Å². The molecule has 0 saturated carbocycles. The third-order valence-electron chi connectivity index (χ3n) is 2.40. The van der Waals surface area contributed by atoms with Crippen molar-refractivity contribution in [3.05, 3.63) is 42.1 Å². The van der Waals surface area contributed by atoms with Gasteiger partial charge in [0.15, 0.2) is 11.5 Å². The van der Waals surface area contributed by atoms with E-state index >= 15 is 0 Å². The Morgan fingerprint density at radius 3 is 2.82 bits per heavy atom. The summed E-state index contributed by atoms with van der Waals surface area (Å²) in [5.41, 5.74) is 0.451. The zero-order chi connectivity index (χ0) is 12.3.